The summed E-state index contributed by atoms with van der Waals surface area (Å²) in [5.41, 5.74) is 10.8. The molecule has 0 amide bonds. The minimum atomic E-state index is -1.10. The van der Waals surface area contributed by atoms with Crippen molar-refractivity contribution in [1.29, 1.82) is 0 Å². The third kappa shape index (κ3) is 4.36. The van der Waals surface area contributed by atoms with Gasteiger partial charge in [-0.3, -0.25) is 4.57 Å². The largest absolute Gasteiger partial charge is 0.387 e. The minimum absolute atomic E-state index is 0.264. The molecule has 2 aliphatic carbocycles. The second-order valence-corrected chi connectivity index (χ2v) is 12.4. The zero-order valence-electron chi connectivity index (χ0n) is 23.1. The number of nitrogens with two attached hydrogens (primary N) is 1. The summed E-state index contributed by atoms with van der Waals surface area (Å²) in [7, 11) is 2.07. The van der Waals surface area contributed by atoms with E-state index in [1.54, 1.807) is 4.57 Å². The van der Waals surface area contributed by atoms with Crippen LogP contribution in [0, 0.1) is 5.92 Å². The summed E-state index contributed by atoms with van der Waals surface area (Å²) >= 11 is 0. The molecule has 0 radical (unpaired) electrons. The number of nitrogen functional groups attached to an aromatic ring is 1. The number of benzene rings is 1. The zero-order chi connectivity index (χ0) is 27.6. The molecule has 40 heavy (non-hydrogen) atoms. The lowest BCUT2D eigenvalue weighted by Gasteiger charge is -2.42. The molecule has 1 aromatic carbocycles. The molecule has 5 N–H and O–H groups in total. The highest BCUT2D eigenvalue weighted by Crippen LogP contribution is 2.43. The number of aromatic nitrogens is 6. The number of imidazole rings is 2. The van der Waals surface area contributed by atoms with E-state index < -0.39 is 24.5 Å². The van der Waals surface area contributed by atoms with Crippen molar-refractivity contribution in [3.8, 4) is 0 Å². The fourth-order valence-electron chi connectivity index (χ4n) is 6.79. The van der Waals surface area contributed by atoms with Gasteiger partial charge in [0.15, 0.2) is 17.7 Å². The lowest BCUT2D eigenvalue weighted by molar-refractivity contribution is -0.0514. The van der Waals surface area contributed by atoms with Crippen molar-refractivity contribution in [3.63, 3.8) is 0 Å². The maximum absolute atomic E-state index is 10.8. The van der Waals surface area contributed by atoms with Crippen LogP contribution >= 0.6 is 0 Å². The first-order valence-electron chi connectivity index (χ1n) is 14.4. The number of likely N-dealkylation sites (N-methyl/N-ethyl adjacent to an activating group) is 1. The Balaban J connectivity index is 0.917. The smallest absolute Gasteiger partial charge is 0.167 e. The number of fused-ring (bicyclic) bond motifs is 2. The van der Waals surface area contributed by atoms with E-state index in [1.807, 2.05) is 0 Å². The number of hydrogen-bond acceptors (Lipinski definition) is 9. The highest BCUT2D eigenvalue weighted by Gasteiger charge is 2.45. The van der Waals surface area contributed by atoms with Crippen LogP contribution in [0.2, 0.25) is 0 Å². The van der Waals surface area contributed by atoms with Crippen LogP contribution < -0.4 is 5.73 Å². The van der Waals surface area contributed by atoms with Crippen molar-refractivity contribution in [2.45, 2.75) is 87.9 Å². The summed E-state index contributed by atoms with van der Waals surface area (Å²) in [6.07, 6.45) is 7.59. The van der Waals surface area contributed by atoms with Crippen LogP contribution in [0.1, 0.15) is 63.1 Å². The number of H-pyrrole nitrogens is 1. The number of anilines is 1. The van der Waals surface area contributed by atoms with E-state index in [2.05, 4.69) is 57.0 Å². The fourth-order valence-corrected chi connectivity index (χ4v) is 6.79. The first-order valence-corrected chi connectivity index (χ1v) is 14.4. The van der Waals surface area contributed by atoms with Gasteiger partial charge in [-0.05, 0) is 68.2 Å². The van der Waals surface area contributed by atoms with Gasteiger partial charge in [0.1, 0.15) is 36.0 Å². The Labute approximate surface area is 232 Å². The van der Waals surface area contributed by atoms with Crippen LogP contribution in [0.4, 0.5) is 5.82 Å². The molecule has 1 saturated heterocycles. The number of aryl methyl sites for hydroxylation is 1. The zero-order valence-corrected chi connectivity index (χ0v) is 23.1. The minimum Gasteiger partial charge on any atom is -0.387 e. The van der Waals surface area contributed by atoms with Crippen molar-refractivity contribution in [3.05, 3.63) is 42.2 Å². The molecule has 11 heteroatoms. The van der Waals surface area contributed by atoms with E-state index in [9.17, 15) is 10.2 Å². The molecular weight excluding hydrogens is 508 g/mol. The van der Waals surface area contributed by atoms with Crippen molar-refractivity contribution in [2.75, 3.05) is 19.3 Å². The molecule has 3 fully saturated rings. The van der Waals surface area contributed by atoms with Crippen LogP contribution in [0.25, 0.3) is 22.2 Å². The Morgan fingerprint density at radius 3 is 2.77 bits per heavy atom. The quantitative estimate of drug-likeness (QED) is 0.261. The van der Waals surface area contributed by atoms with Crippen LogP contribution in [0.3, 0.4) is 0 Å². The van der Waals surface area contributed by atoms with E-state index in [0.717, 1.165) is 42.5 Å². The summed E-state index contributed by atoms with van der Waals surface area (Å²) < 4.78 is 7.75. The normalized spacial score (nSPS) is 29.7. The molecule has 7 rings (SSSR count). The molecule has 1 aliphatic heterocycles. The second-order valence-electron chi connectivity index (χ2n) is 12.4. The number of rotatable bonds is 8. The molecule has 3 aromatic heterocycles. The molecule has 1 unspecified atom stereocenters. The lowest BCUT2D eigenvalue weighted by atomic mass is 9.66. The van der Waals surface area contributed by atoms with E-state index in [1.165, 1.54) is 37.5 Å². The monoisotopic (exact) mass is 546 g/mol. The number of nitrogens with zero attached hydrogens (tertiary/aromatic N) is 6. The topological polar surface area (TPSA) is 151 Å². The average Bonchev–Trinajstić information content (AvgIpc) is 3.58. The molecule has 4 atom stereocenters. The molecule has 4 heterocycles. The van der Waals surface area contributed by atoms with Gasteiger partial charge in [0.25, 0.3) is 0 Å². The van der Waals surface area contributed by atoms with Crippen LogP contribution in [-0.2, 0) is 16.6 Å². The Morgan fingerprint density at radius 2 is 2.00 bits per heavy atom. The van der Waals surface area contributed by atoms with Gasteiger partial charge < -0.3 is 30.6 Å². The number of nitrogens with one attached hydrogen (secondary N) is 1. The Kier molecular flexibility index (Phi) is 6.30. The van der Waals surface area contributed by atoms with Gasteiger partial charge in [-0.15, -0.1) is 0 Å². The molecule has 4 aromatic rings. The first-order chi connectivity index (χ1) is 19.3. The predicted octanol–water partition coefficient (Wildman–Crippen LogP) is 2.69. The van der Waals surface area contributed by atoms with Gasteiger partial charge in [0.2, 0.25) is 0 Å². The molecule has 212 valence electrons. The van der Waals surface area contributed by atoms with E-state index in [0.29, 0.717) is 35.1 Å². The maximum Gasteiger partial charge on any atom is 0.167 e. The summed E-state index contributed by atoms with van der Waals surface area (Å²) in [5.74, 6) is 1.99. The highest BCUT2D eigenvalue weighted by molar-refractivity contribution is 5.81. The molecule has 2 saturated carbocycles. The molecule has 11 nitrogen and oxygen atoms in total. The van der Waals surface area contributed by atoms with Crippen molar-refractivity contribution in [1.82, 2.24) is 34.4 Å². The molecule has 0 bridgehead atoms. The third-order valence-corrected chi connectivity index (χ3v) is 9.77. The number of hydrogen-bond donors (Lipinski definition) is 4. The van der Waals surface area contributed by atoms with Crippen molar-refractivity contribution in [2.24, 2.45) is 5.92 Å². The molecule has 3 aliphatic rings. The summed E-state index contributed by atoms with van der Waals surface area (Å²) in [5, 5.41) is 21.5. The fraction of sp³-hybridized carbons (Fsp3) is 0.586. The second kappa shape index (κ2) is 9.76. The van der Waals surface area contributed by atoms with Gasteiger partial charge in [-0.2, -0.15) is 0 Å². The Hall–Kier alpha value is -3.12. The van der Waals surface area contributed by atoms with Gasteiger partial charge in [0.05, 0.1) is 17.4 Å². The number of aromatic amines is 1. The third-order valence-electron chi connectivity index (χ3n) is 9.77. The van der Waals surface area contributed by atoms with Crippen LogP contribution in [0.15, 0.2) is 30.9 Å². The number of ether oxygens (including phenoxy) is 1. The van der Waals surface area contributed by atoms with Gasteiger partial charge in [-0.25, -0.2) is 19.9 Å². The summed E-state index contributed by atoms with van der Waals surface area (Å²) in [4.78, 5) is 23.1. The van der Waals surface area contributed by atoms with Gasteiger partial charge in [0, 0.05) is 19.0 Å². The van der Waals surface area contributed by atoms with E-state index >= 15 is 0 Å². The first kappa shape index (κ1) is 25.8. The predicted molar refractivity (Wildman–Crippen MR) is 150 cm³/mol. The molecule has 0 spiro atoms. The average molecular weight is 547 g/mol. The summed E-state index contributed by atoms with van der Waals surface area (Å²) in [6.45, 7) is 2.90. The Bertz CT molecular complexity index is 1520. The van der Waals surface area contributed by atoms with Crippen molar-refractivity contribution < 1.29 is 14.9 Å². The van der Waals surface area contributed by atoms with Crippen LogP contribution in [0.5, 0.6) is 0 Å². The van der Waals surface area contributed by atoms with E-state index in [4.69, 9.17) is 15.5 Å². The van der Waals surface area contributed by atoms with E-state index in [-0.39, 0.29) is 5.82 Å². The van der Waals surface area contributed by atoms with Crippen LogP contribution in [-0.4, -0.2) is 82.5 Å². The lowest BCUT2D eigenvalue weighted by Crippen LogP contribution is -2.47. The Morgan fingerprint density at radius 1 is 1.18 bits per heavy atom. The maximum atomic E-state index is 10.8. The number of aliphatic hydroxyl groups excluding tert-OH is 2. The summed E-state index contributed by atoms with van der Waals surface area (Å²) in [6, 6.07) is 7.16. The molecular formula is C29H38N8O3. The van der Waals surface area contributed by atoms with Gasteiger partial charge >= 0.3 is 0 Å². The SMILES string of the molecule is CN(C[C@H]1OC(n2cnc3c(N)ncnc32)[C@H](O)[C@@H]1O)C1CC(CCc2nc3ccc(C4(C)CCC4)cc3[nH]2)C1. The van der Waals surface area contributed by atoms with Gasteiger partial charge in [-0.1, -0.05) is 19.4 Å². The highest BCUT2D eigenvalue weighted by atomic mass is 16.6. The number of aliphatic hydroxyl groups is 2. The standard InChI is InChI=1S/C29H38N8O3/c1-29(8-3-9-29)17-5-6-19-20(12-17)35-22(34-19)7-4-16-10-18(11-16)36(2)13-21-24(38)25(39)28(40-21)37-15-33-23-26(30)31-14-32-27(23)37/h5-6,12,14-16,18,21,24-25,28,38-39H,3-4,7-11,13H2,1-2H3,(H,34,35)(H2,30,31,32)/t16?,18?,21-,24-,25-,28?/m1/s1. The van der Waals surface area contributed by atoms with Crippen molar-refractivity contribution >= 4 is 28.0 Å².